The monoisotopic (exact) mass is 712 g/mol. The lowest BCUT2D eigenvalue weighted by Crippen LogP contribution is -2.62. The van der Waals surface area contributed by atoms with Crippen LogP contribution in [0.2, 0.25) is 0 Å². The number of esters is 2. The minimum atomic E-state index is -1.20. The van der Waals surface area contributed by atoms with E-state index in [4.69, 9.17) is 21.7 Å². The van der Waals surface area contributed by atoms with Gasteiger partial charge in [0.15, 0.2) is 0 Å². The SMILES string of the molecule is COC(=O)C1=C(C(=O)OC)SC(=C2C(=S)C(C)(C)N(C(=O)C(Cc3ccccc3)N3C(=O)c4ccccc4C3=O)c3c(C)cc(C)cc32)S1. The topological polar surface area (TPSA) is 110 Å². The van der Waals surface area contributed by atoms with Crippen molar-refractivity contribution in [1.29, 1.82) is 0 Å². The highest BCUT2D eigenvalue weighted by Gasteiger charge is 2.51. The predicted molar refractivity (Wildman–Crippen MR) is 194 cm³/mol. The van der Waals surface area contributed by atoms with Crippen molar-refractivity contribution in [2.45, 2.75) is 45.7 Å². The van der Waals surface area contributed by atoms with Crippen molar-refractivity contribution in [3.63, 3.8) is 0 Å². The number of rotatable bonds is 6. The summed E-state index contributed by atoms with van der Waals surface area (Å²) in [6.07, 6.45) is 0.0826. The highest BCUT2D eigenvalue weighted by molar-refractivity contribution is 8.29. The summed E-state index contributed by atoms with van der Waals surface area (Å²) in [5.41, 5.74) is 3.53. The summed E-state index contributed by atoms with van der Waals surface area (Å²) >= 11 is 8.34. The number of methoxy groups -OCH3 is 2. The molecular formula is C37H32N2O7S3. The maximum absolute atomic E-state index is 15.2. The van der Waals surface area contributed by atoms with E-state index < -0.39 is 41.2 Å². The summed E-state index contributed by atoms with van der Waals surface area (Å²) in [4.78, 5) is 71.8. The molecule has 0 N–H and O–H groups in total. The molecule has 49 heavy (non-hydrogen) atoms. The number of amides is 3. The highest BCUT2D eigenvalue weighted by Crippen LogP contribution is 2.56. The quantitative estimate of drug-likeness (QED) is 0.123. The molecule has 3 heterocycles. The Morgan fingerprint density at radius 1 is 0.816 bits per heavy atom. The number of carbonyl (C=O) groups excluding carboxylic acids is 5. The van der Waals surface area contributed by atoms with E-state index in [1.165, 1.54) is 14.2 Å². The van der Waals surface area contributed by atoms with Gasteiger partial charge in [-0.1, -0.05) is 89.8 Å². The first-order valence-corrected chi connectivity index (χ1v) is 17.4. The molecule has 6 rings (SSSR count). The van der Waals surface area contributed by atoms with Gasteiger partial charge in [-0.3, -0.25) is 24.2 Å². The molecule has 0 radical (unpaired) electrons. The molecule has 0 aliphatic carbocycles. The maximum Gasteiger partial charge on any atom is 0.346 e. The van der Waals surface area contributed by atoms with E-state index in [0.29, 0.717) is 25.9 Å². The molecular weight excluding hydrogens is 681 g/mol. The number of anilines is 1. The predicted octanol–water partition coefficient (Wildman–Crippen LogP) is 6.41. The third kappa shape index (κ3) is 5.71. The van der Waals surface area contributed by atoms with Gasteiger partial charge in [0.25, 0.3) is 17.7 Å². The summed E-state index contributed by atoms with van der Waals surface area (Å²) in [5.74, 6) is -2.91. The molecule has 9 nitrogen and oxygen atoms in total. The Labute approximate surface area is 297 Å². The van der Waals surface area contributed by atoms with Crippen molar-refractivity contribution < 1.29 is 33.4 Å². The van der Waals surface area contributed by atoms with Crippen molar-refractivity contribution in [2.75, 3.05) is 19.1 Å². The molecule has 12 heteroatoms. The van der Waals surface area contributed by atoms with Crippen LogP contribution in [-0.4, -0.2) is 65.2 Å². The molecule has 250 valence electrons. The minimum absolute atomic E-state index is 0.0826. The van der Waals surface area contributed by atoms with E-state index in [1.807, 2.05) is 70.2 Å². The number of ether oxygens (including phenoxy) is 2. The number of fused-ring (bicyclic) bond motifs is 2. The fraction of sp³-hybridized carbons (Fsp3) is 0.243. The second-order valence-electron chi connectivity index (χ2n) is 12.3. The number of thiocarbonyl (C=S) groups is 1. The van der Waals surface area contributed by atoms with E-state index >= 15 is 4.79 Å². The normalized spacial score (nSPS) is 17.3. The number of hydrogen-bond donors (Lipinski definition) is 0. The number of benzene rings is 3. The van der Waals surface area contributed by atoms with E-state index in [-0.39, 0.29) is 27.4 Å². The molecule has 0 aromatic heterocycles. The lowest BCUT2D eigenvalue weighted by molar-refractivity contribution is -0.138. The molecule has 0 spiro atoms. The third-order valence-corrected chi connectivity index (χ3v) is 12.0. The van der Waals surface area contributed by atoms with Gasteiger partial charge in [-0.25, -0.2) is 9.59 Å². The molecule has 0 saturated carbocycles. The molecule has 0 saturated heterocycles. The Kier molecular flexibility index (Phi) is 9.16. The van der Waals surface area contributed by atoms with Gasteiger partial charge in [-0.05, 0) is 57.0 Å². The average Bonchev–Trinajstić information content (AvgIpc) is 3.63. The Morgan fingerprint density at radius 2 is 1.35 bits per heavy atom. The summed E-state index contributed by atoms with van der Waals surface area (Å²) in [6.45, 7) is 7.45. The van der Waals surface area contributed by atoms with Crippen LogP contribution in [0.3, 0.4) is 0 Å². The lowest BCUT2D eigenvalue weighted by Gasteiger charge is -2.47. The van der Waals surface area contributed by atoms with Crippen LogP contribution in [-0.2, 0) is 30.3 Å². The minimum Gasteiger partial charge on any atom is -0.465 e. The molecule has 0 fully saturated rings. The van der Waals surface area contributed by atoms with Crippen LogP contribution in [0.4, 0.5) is 5.69 Å². The summed E-state index contributed by atoms with van der Waals surface area (Å²) < 4.78 is 10.5. The Morgan fingerprint density at radius 3 is 1.88 bits per heavy atom. The number of aryl methyl sites for hydroxylation is 2. The molecule has 3 aromatic rings. The smallest absolute Gasteiger partial charge is 0.346 e. The van der Waals surface area contributed by atoms with Crippen molar-refractivity contribution in [1.82, 2.24) is 4.90 Å². The molecule has 0 bridgehead atoms. The van der Waals surface area contributed by atoms with Crippen LogP contribution in [0.15, 0.2) is 80.8 Å². The van der Waals surface area contributed by atoms with Gasteiger partial charge in [0.05, 0.1) is 45.7 Å². The molecule has 3 aliphatic heterocycles. The number of nitrogens with zero attached hydrogens (tertiary/aromatic N) is 2. The first-order chi connectivity index (χ1) is 23.3. The molecule has 3 amide bonds. The number of thioether (sulfide) groups is 2. The molecule has 1 unspecified atom stereocenters. The zero-order valence-electron chi connectivity index (χ0n) is 27.6. The van der Waals surface area contributed by atoms with E-state index in [2.05, 4.69) is 0 Å². The van der Waals surface area contributed by atoms with Crippen molar-refractivity contribution in [3.8, 4) is 0 Å². The summed E-state index contributed by atoms with van der Waals surface area (Å²) in [7, 11) is 2.47. The van der Waals surface area contributed by atoms with E-state index in [1.54, 1.807) is 29.2 Å². The lowest BCUT2D eigenvalue weighted by atomic mass is 9.80. The van der Waals surface area contributed by atoms with Gasteiger partial charge in [-0.2, -0.15) is 0 Å². The number of imide groups is 1. The molecule has 3 aliphatic rings. The van der Waals surface area contributed by atoms with Crippen molar-refractivity contribution >= 4 is 81.5 Å². The fourth-order valence-corrected chi connectivity index (χ4v) is 9.50. The van der Waals surface area contributed by atoms with Crippen LogP contribution in [0.5, 0.6) is 0 Å². The van der Waals surface area contributed by atoms with Crippen LogP contribution in [0.25, 0.3) is 5.57 Å². The van der Waals surface area contributed by atoms with Gasteiger partial charge in [0.2, 0.25) is 0 Å². The van der Waals surface area contributed by atoms with Crippen LogP contribution in [0.1, 0.15) is 56.8 Å². The van der Waals surface area contributed by atoms with Gasteiger partial charge < -0.3 is 9.47 Å². The Bertz CT molecular complexity index is 1990. The van der Waals surface area contributed by atoms with Crippen LogP contribution >= 0.6 is 35.7 Å². The van der Waals surface area contributed by atoms with Crippen LogP contribution in [0, 0.1) is 13.8 Å². The number of hydrogen-bond acceptors (Lipinski definition) is 10. The second kappa shape index (κ2) is 13.1. The maximum atomic E-state index is 15.2. The van der Waals surface area contributed by atoms with Crippen LogP contribution < -0.4 is 4.90 Å². The van der Waals surface area contributed by atoms with Gasteiger partial charge in [0.1, 0.15) is 15.9 Å². The zero-order chi connectivity index (χ0) is 35.4. The molecule has 1 atom stereocenters. The number of carbonyl (C=O) groups is 5. The Hall–Kier alpha value is -4.52. The Balaban J connectivity index is 1.53. The van der Waals surface area contributed by atoms with E-state index in [9.17, 15) is 19.2 Å². The first-order valence-electron chi connectivity index (χ1n) is 15.3. The van der Waals surface area contributed by atoms with Gasteiger partial charge in [0, 0.05) is 17.6 Å². The zero-order valence-corrected chi connectivity index (χ0v) is 30.1. The highest BCUT2D eigenvalue weighted by atomic mass is 32.2. The first kappa shape index (κ1) is 34.3. The van der Waals surface area contributed by atoms with Gasteiger partial charge >= 0.3 is 11.9 Å². The third-order valence-electron chi connectivity index (χ3n) is 8.74. The largest absolute Gasteiger partial charge is 0.465 e. The standard InChI is InChI=1S/C37H32N2O7S3/c1-19-16-20(2)27-24(17-19)26(36-48-28(34(43)45-5)29(49-36)35(44)46-6)30(47)37(3,4)39(27)33(42)25(18-21-12-8-7-9-13-21)38-31(40)22-14-10-11-15-23(22)32(38)41/h7-17,25H,18H2,1-6H3. The average molecular weight is 713 g/mol. The second-order valence-corrected chi connectivity index (χ2v) is 15.0. The molecule has 3 aromatic carbocycles. The summed E-state index contributed by atoms with van der Waals surface area (Å²) in [5, 5.41) is 0. The summed E-state index contributed by atoms with van der Waals surface area (Å²) in [6, 6.07) is 18.5. The fourth-order valence-electron chi connectivity index (χ4n) is 6.47. The van der Waals surface area contributed by atoms with E-state index in [0.717, 1.165) is 45.1 Å². The van der Waals surface area contributed by atoms with Crippen molar-refractivity contribution in [2.24, 2.45) is 0 Å². The van der Waals surface area contributed by atoms with Gasteiger partial charge in [-0.15, -0.1) is 0 Å². The van der Waals surface area contributed by atoms with Crippen molar-refractivity contribution in [3.05, 3.63) is 114 Å².